The van der Waals surface area contributed by atoms with Crippen molar-refractivity contribution in [2.45, 2.75) is 50.3 Å². The first-order chi connectivity index (χ1) is 10.0. The molecule has 0 aliphatic rings. The summed E-state index contributed by atoms with van der Waals surface area (Å²) in [4.78, 5) is 0.131. The van der Waals surface area contributed by atoms with Crippen LogP contribution in [0.2, 0.25) is 0 Å². The molecule has 21 heavy (non-hydrogen) atoms. The molecule has 0 aromatic heterocycles. The predicted molar refractivity (Wildman–Crippen MR) is 81.3 cm³/mol. The summed E-state index contributed by atoms with van der Waals surface area (Å²) in [7, 11) is -3.37. The number of nitrogens with zero attached hydrogens (tertiary/aromatic N) is 2. The molecule has 0 saturated carbocycles. The van der Waals surface area contributed by atoms with Gasteiger partial charge in [-0.1, -0.05) is 39.0 Å². The minimum Gasteiger partial charge on any atom is -0.224 e. The molecule has 0 N–H and O–H groups in total. The molecule has 0 saturated heterocycles. The molecule has 0 aliphatic heterocycles. The van der Waals surface area contributed by atoms with E-state index in [2.05, 4.69) is 6.92 Å². The maximum atomic E-state index is 12.2. The van der Waals surface area contributed by atoms with E-state index in [4.69, 9.17) is 10.5 Å². The van der Waals surface area contributed by atoms with Crippen LogP contribution in [0.5, 0.6) is 0 Å². The summed E-state index contributed by atoms with van der Waals surface area (Å²) in [5.74, 6) is 0.0931. The quantitative estimate of drug-likeness (QED) is 0.687. The SMILES string of the molecule is CCCCCCCCS(=O)(=O)c1ccc(C#N)c(C#N)c1. The van der Waals surface area contributed by atoms with E-state index in [1.54, 1.807) is 0 Å². The van der Waals surface area contributed by atoms with Crippen molar-refractivity contribution in [2.75, 3.05) is 5.75 Å². The molecule has 0 aliphatic carbocycles. The maximum absolute atomic E-state index is 12.2. The fourth-order valence-electron chi connectivity index (χ4n) is 2.10. The summed E-state index contributed by atoms with van der Waals surface area (Å²) in [5.41, 5.74) is 0.317. The van der Waals surface area contributed by atoms with Crippen LogP contribution in [0.4, 0.5) is 0 Å². The summed E-state index contributed by atoms with van der Waals surface area (Å²) in [5, 5.41) is 17.8. The lowest BCUT2D eigenvalue weighted by atomic mass is 10.1. The number of hydrogen-bond acceptors (Lipinski definition) is 4. The Morgan fingerprint density at radius 1 is 0.952 bits per heavy atom. The summed E-state index contributed by atoms with van der Waals surface area (Å²) in [6.07, 6.45) is 6.09. The van der Waals surface area contributed by atoms with Crippen LogP contribution in [0, 0.1) is 22.7 Å². The molecule has 0 spiro atoms. The van der Waals surface area contributed by atoms with Crippen molar-refractivity contribution in [1.82, 2.24) is 0 Å². The Morgan fingerprint density at radius 3 is 2.19 bits per heavy atom. The molecule has 4 nitrogen and oxygen atoms in total. The zero-order chi connectivity index (χ0) is 15.7. The molecule has 0 fully saturated rings. The largest absolute Gasteiger partial charge is 0.224 e. The van der Waals surface area contributed by atoms with Gasteiger partial charge in [0.1, 0.15) is 12.1 Å². The van der Waals surface area contributed by atoms with E-state index >= 15 is 0 Å². The highest BCUT2D eigenvalue weighted by Gasteiger charge is 2.16. The number of unbranched alkanes of at least 4 members (excludes halogenated alkanes) is 5. The van der Waals surface area contributed by atoms with Gasteiger partial charge in [0, 0.05) is 0 Å². The van der Waals surface area contributed by atoms with Crippen LogP contribution in [-0.4, -0.2) is 14.2 Å². The monoisotopic (exact) mass is 304 g/mol. The van der Waals surface area contributed by atoms with Gasteiger partial charge in [0.2, 0.25) is 0 Å². The molecule has 0 radical (unpaired) electrons. The molecule has 5 heteroatoms. The summed E-state index contributed by atoms with van der Waals surface area (Å²) in [6.45, 7) is 2.14. The molecule has 1 aromatic rings. The lowest BCUT2D eigenvalue weighted by Gasteiger charge is -2.05. The maximum Gasteiger partial charge on any atom is 0.178 e. The van der Waals surface area contributed by atoms with Gasteiger partial charge in [-0.2, -0.15) is 10.5 Å². The van der Waals surface area contributed by atoms with Gasteiger partial charge in [-0.25, -0.2) is 8.42 Å². The van der Waals surface area contributed by atoms with Crippen molar-refractivity contribution in [3.05, 3.63) is 29.3 Å². The topological polar surface area (TPSA) is 81.7 Å². The fourth-order valence-corrected chi connectivity index (χ4v) is 3.49. The van der Waals surface area contributed by atoms with Gasteiger partial charge in [0.25, 0.3) is 0 Å². The molecule has 112 valence electrons. The van der Waals surface area contributed by atoms with Crippen LogP contribution in [0.3, 0.4) is 0 Å². The van der Waals surface area contributed by atoms with E-state index in [0.717, 1.165) is 19.3 Å². The standard InChI is InChI=1S/C16H20N2O2S/c1-2-3-4-5-6-7-10-21(19,20)16-9-8-14(12-17)15(11-16)13-18/h8-9,11H,2-7,10H2,1H3. The van der Waals surface area contributed by atoms with E-state index < -0.39 is 9.84 Å². The third-order valence-corrected chi connectivity index (χ3v) is 5.16. The van der Waals surface area contributed by atoms with Gasteiger partial charge in [-0.05, 0) is 24.6 Å². The van der Waals surface area contributed by atoms with Crippen molar-refractivity contribution in [3.8, 4) is 12.1 Å². The Bertz CT molecular complexity index is 652. The van der Waals surface area contributed by atoms with Crippen LogP contribution < -0.4 is 0 Å². The molecular formula is C16H20N2O2S. The molecule has 0 bridgehead atoms. The molecular weight excluding hydrogens is 284 g/mol. The van der Waals surface area contributed by atoms with Crippen molar-refractivity contribution in [1.29, 1.82) is 10.5 Å². The minimum absolute atomic E-state index is 0.0931. The second-order valence-electron chi connectivity index (χ2n) is 5.02. The lowest BCUT2D eigenvalue weighted by Crippen LogP contribution is -2.07. The average molecular weight is 304 g/mol. The zero-order valence-electron chi connectivity index (χ0n) is 12.3. The first kappa shape index (κ1) is 17.2. The third kappa shape index (κ3) is 5.21. The van der Waals surface area contributed by atoms with E-state index in [9.17, 15) is 8.42 Å². The number of rotatable bonds is 8. The second-order valence-corrected chi connectivity index (χ2v) is 7.13. The van der Waals surface area contributed by atoms with Crippen molar-refractivity contribution >= 4 is 9.84 Å². The first-order valence-corrected chi connectivity index (χ1v) is 8.87. The van der Waals surface area contributed by atoms with Crippen LogP contribution >= 0.6 is 0 Å². The van der Waals surface area contributed by atoms with Crippen LogP contribution in [0.25, 0.3) is 0 Å². The highest BCUT2D eigenvalue weighted by molar-refractivity contribution is 7.91. The van der Waals surface area contributed by atoms with Gasteiger partial charge < -0.3 is 0 Å². The Labute approximate surface area is 126 Å². The molecule has 1 aromatic carbocycles. The molecule has 0 amide bonds. The Kier molecular flexibility index (Phi) is 6.91. The van der Waals surface area contributed by atoms with Crippen molar-refractivity contribution in [2.24, 2.45) is 0 Å². The van der Waals surface area contributed by atoms with Crippen molar-refractivity contribution in [3.63, 3.8) is 0 Å². The van der Waals surface area contributed by atoms with Crippen LogP contribution in [-0.2, 0) is 9.84 Å². The highest BCUT2D eigenvalue weighted by atomic mass is 32.2. The van der Waals surface area contributed by atoms with Crippen LogP contribution in [0.1, 0.15) is 56.6 Å². The average Bonchev–Trinajstić information content (AvgIpc) is 2.49. The number of sulfone groups is 1. The zero-order valence-corrected chi connectivity index (χ0v) is 13.1. The predicted octanol–water partition coefficient (Wildman–Crippen LogP) is 3.56. The van der Waals surface area contributed by atoms with E-state index in [-0.39, 0.29) is 21.8 Å². The van der Waals surface area contributed by atoms with Gasteiger partial charge in [-0.3, -0.25) is 0 Å². The minimum atomic E-state index is -3.37. The lowest BCUT2D eigenvalue weighted by molar-refractivity contribution is 0.583. The van der Waals surface area contributed by atoms with E-state index in [1.165, 1.54) is 31.0 Å². The summed E-state index contributed by atoms with van der Waals surface area (Å²) >= 11 is 0. The molecule has 0 unspecified atom stereocenters. The third-order valence-electron chi connectivity index (χ3n) is 3.36. The van der Waals surface area contributed by atoms with E-state index in [0.29, 0.717) is 6.42 Å². The van der Waals surface area contributed by atoms with Gasteiger partial charge >= 0.3 is 0 Å². The number of benzene rings is 1. The number of nitriles is 2. The molecule has 0 atom stereocenters. The smallest absolute Gasteiger partial charge is 0.178 e. The Morgan fingerprint density at radius 2 is 1.57 bits per heavy atom. The molecule has 1 rings (SSSR count). The fraction of sp³-hybridized carbons (Fsp3) is 0.500. The summed E-state index contributed by atoms with van der Waals surface area (Å²) in [6, 6.07) is 7.84. The van der Waals surface area contributed by atoms with Gasteiger partial charge in [-0.15, -0.1) is 0 Å². The highest BCUT2D eigenvalue weighted by Crippen LogP contribution is 2.18. The van der Waals surface area contributed by atoms with Gasteiger partial charge in [0.05, 0.1) is 21.8 Å². The van der Waals surface area contributed by atoms with Crippen LogP contribution in [0.15, 0.2) is 23.1 Å². The van der Waals surface area contributed by atoms with E-state index in [1.807, 2.05) is 12.1 Å². The Balaban J connectivity index is 2.67. The molecule has 0 heterocycles. The summed E-state index contributed by atoms with van der Waals surface area (Å²) < 4.78 is 24.4. The Hall–Kier alpha value is -1.85. The normalized spacial score (nSPS) is 10.8. The van der Waals surface area contributed by atoms with Gasteiger partial charge in [0.15, 0.2) is 9.84 Å². The first-order valence-electron chi connectivity index (χ1n) is 7.22. The van der Waals surface area contributed by atoms with Crippen molar-refractivity contribution < 1.29 is 8.42 Å². The number of hydrogen-bond donors (Lipinski definition) is 0. The second kappa shape index (κ2) is 8.44.